The molecule has 2 aromatic rings. The van der Waals surface area contributed by atoms with E-state index in [4.69, 9.17) is 15.2 Å². The van der Waals surface area contributed by atoms with Crippen LogP contribution in [0.5, 0.6) is 0 Å². The summed E-state index contributed by atoms with van der Waals surface area (Å²) in [6.07, 6.45) is 0.208. The van der Waals surface area contributed by atoms with Crippen molar-refractivity contribution < 1.29 is 28.7 Å². The number of carbonyl (C=O) groups excluding carboxylic acids is 4. The fourth-order valence-corrected chi connectivity index (χ4v) is 3.60. The van der Waals surface area contributed by atoms with E-state index in [1.807, 2.05) is 38.1 Å². The second kappa shape index (κ2) is 12.6. The summed E-state index contributed by atoms with van der Waals surface area (Å²) in [4.78, 5) is 54.1. The van der Waals surface area contributed by atoms with E-state index in [9.17, 15) is 19.2 Å². The van der Waals surface area contributed by atoms with Gasteiger partial charge in [-0.05, 0) is 58.6 Å². The summed E-state index contributed by atoms with van der Waals surface area (Å²) in [5.41, 5.74) is 9.13. The van der Waals surface area contributed by atoms with Crippen molar-refractivity contribution in [1.29, 1.82) is 0 Å². The Bertz CT molecular complexity index is 1100. The van der Waals surface area contributed by atoms with Crippen molar-refractivity contribution in [2.75, 3.05) is 0 Å². The third-order valence-electron chi connectivity index (χ3n) is 5.27. The molecule has 1 heterocycles. The number of hydrogen-bond donors (Lipinski definition) is 4. The second-order valence-electron chi connectivity index (χ2n) is 10.6. The van der Waals surface area contributed by atoms with Crippen LogP contribution in [0.3, 0.4) is 0 Å². The molecule has 0 bridgehead atoms. The van der Waals surface area contributed by atoms with Crippen LogP contribution >= 0.6 is 0 Å². The first-order valence-corrected chi connectivity index (χ1v) is 12.3. The molecule has 0 saturated carbocycles. The van der Waals surface area contributed by atoms with Crippen LogP contribution in [0.25, 0.3) is 10.9 Å². The number of hydrazine groups is 1. The largest absolute Gasteiger partial charge is 0.443 e. The van der Waals surface area contributed by atoms with Gasteiger partial charge in [0.15, 0.2) is 0 Å². The highest BCUT2D eigenvalue weighted by Crippen LogP contribution is 2.20. The summed E-state index contributed by atoms with van der Waals surface area (Å²) in [5.74, 6) is -1.35. The number of hydrogen-bond acceptors (Lipinski definition) is 7. The number of amides is 3. The molecule has 0 radical (unpaired) electrons. The quantitative estimate of drug-likeness (QED) is 0.238. The summed E-state index contributed by atoms with van der Waals surface area (Å²) in [7, 11) is 0. The van der Waals surface area contributed by atoms with Crippen molar-refractivity contribution in [3.05, 3.63) is 36.0 Å². The van der Waals surface area contributed by atoms with Gasteiger partial charge in [0, 0.05) is 23.5 Å². The van der Waals surface area contributed by atoms with Gasteiger partial charge in [-0.15, -0.1) is 0 Å². The Labute approximate surface area is 217 Å². The van der Waals surface area contributed by atoms with E-state index in [0.717, 1.165) is 21.5 Å². The molecular weight excluding hydrogens is 478 g/mol. The minimum absolute atomic E-state index is 0.0530. The number of esters is 1. The van der Waals surface area contributed by atoms with E-state index in [1.54, 1.807) is 40.8 Å². The molecule has 37 heavy (non-hydrogen) atoms. The van der Waals surface area contributed by atoms with Crippen LogP contribution < -0.4 is 16.5 Å². The Hall–Kier alpha value is -3.60. The van der Waals surface area contributed by atoms with E-state index >= 15 is 0 Å². The third-order valence-corrected chi connectivity index (χ3v) is 5.27. The molecule has 0 spiro atoms. The van der Waals surface area contributed by atoms with Gasteiger partial charge in [0.2, 0.25) is 5.91 Å². The fraction of sp³-hybridized carbons (Fsp3) is 0.538. The summed E-state index contributed by atoms with van der Waals surface area (Å²) < 4.78 is 10.3. The highest BCUT2D eigenvalue weighted by Gasteiger charge is 2.32. The lowest BCUT2D eigenvalue weighted by Crippen LogP contribution is -2.54. The normalized spacial score (nSPS) is 13.2. The third kappa shape index (κ3) is 9.09. The molecule has 11 heteroatoms. The van der Waals surface area contributed by atoms with Crippen LogP contribution in [0.1, 0.15) is 60.5 Å². The van der Waals surface area contributed by atoms with Crippen LogP contribution in [0, 0.1) is 5.92 Å². The van der Waals surface area contributed by atoms with Crippen molar-refractivity contribution in [2.45, 2.75) is 85.0 Å². The molecule has 11 nitrogen and oxygen atoms in total. The molecule has 2 rings (SSSR count). The average Bonchev–Trinajstić information content (AvgIpc) is 3.17. The van der Waals surface area contributed by atoms with Crippen LogP contribution in [0.15, 0.2) is 30.5 Å². The van der Waals surface area contributed by atoms with Gasteiger partial charge in [-0.2, -0.15) is 0 Å². The zero-order valence-corrected chi connectivity index (χ0v) is 22.6. The maximum atomic E-state index is 13.2. The van der Waals surface area contributed by atoms with Crippen molar-refractivity contribution in [3.63, 3.8) is 0 Å². The van der Waals surface area contributed by atoms with Crippen LogP contribution in [-0.4, -0.2) is 57.8 Å². The van der Waals surface area contributed by atoms with Gasteiger partial charge in [-0.1, -0.05) is 32.0 Å². The summed E-state index contributed by atoms with van der Waals surface area (Å²) >= 11 is 0. The van der Waals surface area contributed by atoms with Crippen molar-refractivity contribution in [2.24, 2.45) is 11.7 Å². The number of ether oxygens (including phenoxy) is 2. The Kier molecular flexibility index (Phi) is 10.1. The Morgan fingerprint density at radius 3 is 2.32 bits per heavy atom. The van der Waals surface area contributed by atoms with Gasteiger partial charge in [0.05, 0.1) is 12.1 Å². The van der Waals surface area contributed by atoms with E-state index in [0.29, 0.717) is 6.42 Å². The summed E-state index contributed by atoms with van der Waals surface area (Å²) in [6, 6.07) is 4.89. The predicted molar refractivity (Wildman–Crippen MR) is 139 cm³/mol. The minimum atomic E-state index is -1.20. The SMILES string of the molecule is CC(C)C[C@H](N)C(=O)N[C@@H](Cc1c[nH]c2ccccc12)C(=O)OC(=O)N(NC(=O)OC(C)(C)C)C(C)C. The highest BCUT2D eigenvalue weighted by atomic mass is 16.6. The number of benzene rings is 1. The molecule has 0 aliphatic heterocycles. The number of H-pyrrole nitrogens is 1. The van der Waals surface area contributed by atoms with Crippen molar-refractivity contribution in [1.82, 2.24) is 20.7 Å². The number of fused-ring (bicyclic) bond motifs is 1. The molecule has 0 unspecified atom stereocenters. The molecule has 0 saturated heterocycles. The summed E-state index contributed by atoms with van der Waals surface area (Å²) in [5, 5.41) is 4.35. The zero-order chi connectivity index (χ0) is 27.9. The number of nitrogens with zero attached hydrogens (tertiary/aromatic N) is 1. The van der Waals surface area contributed by atoms with Gasteiger partial charge in [0.25, 0.3) is 0 Å². The smallest absolute Gasteiger partial charge is 0.436 e. The van der Waals surface area contributed by atoms with Crippen molar-refractivity contribution >= 4 is 35.0 Å². The number of aromatic amines is 1. The van der Waals surface area contributed by atoms with Crippen LogP contribution in [0.4, 0.5) is 9.59 Å². The lowest BCUT2D eigenvalue weighted by Gasteiger charge is -2.28. The maximum absolute atomic E-state index is 13.2. The molecule has 0 aliphatic rings. The monoisotopic (exact) mass is 517 g/mol. The zero-order valence-electron chi connectivity index (χ0n) is 22.6. The molecule has 1 aromatic carbocycles. The van der Waals surface area contributed by atoms with Gasteiger partial charge < -0.3 is 25.5 Å². The first kappa shape index (κ1) is 29.6. The lowest BCUT2D eigenvalue weighted by molar-refractivity contribution is -0.143. The van der Waals surface area contributed by atoms with Gasteiger partial charge >= 0.3 is 18.2 Å². The molecular formula is C26H39N5O6. The Balaban J connectivity index is 2.23. The van der Waals surface area contributed by atoms with Crippen molar-refractivity contribution in [3.8, 4) is 0 Å². The molecule has 2 atom stereocenters. The number of nitrogens with two attached hydrogens (primary N) is 1. The first-order valence-electron chi connectivity index (χ1n) is 12.3. The van der Waals surface area contributed by atoms with E-state index < -0.39 is 47.8 Å². The molecule has 5 N–H and O–H groups in total. The molecule has 0 fully saturated rings. The number of aromatic nitrogens is 1. The van der Waals surface area contributed by atoms with Gasteiger partial charge in [-0.3, -0.25) is 4.79 Å². The van der Waals surface area contributed by atoms with E-state index in [2.05, 4.69) is 15.7 Å². The lowest BCUT2D eigenvalue weighted by atomic mass is 10.0. The highest BCUT2D eigenvalue weighted by molar-refractivity contribution is 5.93. The summed E-state index contributed by atoms with van der Waals surface area (Å²) in [6.45, 7) is 12.1. The molecule has 0 aliphatic carbocycles. The standard InChI is InChI=1S/C26H39N5O6/c1-15(2)12-19(27)22(32)29-21(13-17-14-28-20-11-9-8-10-18(17)20)23(33)36-25(35)31(16(3)4)30-24(34)37-26(5,6)7/h8-11,14-16,19,21,28H,12-13,27H2,1-7H3,(H,29,32)(H,30,34)/t19-,21-/m0/s1. The number of para-hydroxylation sites is 1. The Morgan fingerprint density at radius 1 is 1.08 bits per heavy atom. The van der Waals surface area contributed by atoms with Gasteiger partial charge in [0.1, 0.15) is 11.6 Å². The number of carbonyl (C=O) groups is 4. The topological polar surface area (TPSA) is 156 Å². The second-order valence-corrected chi connectivity index (χ2v) is 10.6. The van der Waals surface area contributed by atoms with E-state index in [1.165, 1.54) is 0 Å². The predicted octanol–water partition coefficient (Wildman–Crippen LogP) is 3.38. The minimum Gasteiger partial charge on any atom is -0.443 e. The van der Waals surface area contributed by atoms with Crippen LogP contribution in [0.2, 0.25) is 0 Å². The first-order chi connectivity index (χ1) is 17.2. The Morgan fingerprint density at radius 2 is 1.73 bits per heavy atom. The number of nitrogens with one attached hydrogen (secondary N) is 3. The van der Waals surface area contributed by atoms with E-state index in [-0.39, 0.29) is 12.3 Å². The average molecular weight is 518 g/mol. The number of rotatable bonds is 8. The molecule has 204 valence electrons. The molecule has 3 amide bonds. The van der Waals surface area contributed by atoms with Crippen LogP contribution in [-0.2, 0) is 25.5 Å². The maximum Gasteiger partial charge on any atom is 0.436 e. The van der Waals surface area contributed by atoms with Gasteiger partial charge in [-0.25, -0.2) is 24.8 Å². The fourth-order valence-electron chi connectivity index (χ4n) is 3.60. The molecule has 1 aromatic heterocycles.